The molecule has 3 fully saturated rings. The average Bonchev–Trinajstić information content (AvgIpc) is 3.51. The first kappa shape index (κ1) is 22.4. The maximum atomic E-state index is 12.7. The number of amides is 1. The maximum Gasteiger partial charge on any atom is 0.225 e. The zero-order chi connectivity index (χ0) is 20.6. The van der Waals surface area contributed by atoms with E-state index in [2.05, 4.69) is 39.3 Å². The van der Waals surface area contributed by atoms with Crippen LogP contribution in [0.1, 0.15) is 71.6 Å². The summed E-state index contributed by atoms with van der Waals surface area (Å²) in [4.78, 5) is 21.9. The molecule has 0 radical (unpaired) electrons. The Morgan fingerprint density at radius 3 is 2.34 bits per heavy atom. The van der Waals surface area contributed by atoms with Crippen molar-refractivity contribution in [3.8, 4) is 0 Å². The van der Waals surface area contributed by atoms with Crippen LogP contribution in [0.15, 0.2) is 4.99 Å². The van der Waals surface area contributed by atoms with Crippen molar-refractivity contribution in [2.75, 3.05) is 39.8 Å². The molecule has 166 valence electrons. The summed E-state index contributed by atoms with van der Waals surface area (Å²) in [6, 6.07) is 0.889. The molecule has 3 rings (SSSR count). The lowest BCUT2D eigenvalue weighted by Gasteiger charge is -2.34. The van der Waals surface area contributed by atoms with Gasteiger partial charge in [-0.15, -0.1) is 0 Å². The van der Waals surface area contributed by atoms with Gasteiger partial charge in [0.15, 0.2) is 5.96 Å². The summed E-state index contributed by atoms with van der Waals surface area (Å²) in [5.41, 5.74) is 0. The highest BCUT2D eigenvalue weighted by Gasteiger charge is 2.33. The molecule has 6 nitrogen and oxygen atoms in total. The topological polar surface area (TPSA) is 60.0 Å². The number of carbonyl (C=O) groups is 1. The van der Waals surface area contributed by atoms with Crippen LogP contribution in [0.3, 0.4) is 0 Å². The number of rotatable bonds is 8. The van der Waals surface area contributed by atoms with Crippen molar-refractivity contribution in [2.45, 2.75) is 83.7 Å². The van der Waals surface area contributed by atoms with Crippen molar-refractivity contribution in [3.63, 3.8) is 0 Å². The van der Waals surface area contributed by atoms with Gasteiger partial charge in [-0.25, -0.2) is 0 Å². The molecular weight excluding hydrogens is 362 g/mol. The van der Waals surface area contributed by atoms with Crippen LogP contribution >= 0.6 is 0 Å². The molecule has 0 aromatic carbocycles. The van der Waals surface area contributed by atoms with E-state index in [1.165, 1.54) is 51.6 Å². The summed E-state index contributed by atoms with van der Waals surface area (Å²) in [5.74, 6) is 2.29. The Morgan fingerprint density at radius 2 is 1.72 bits per heavy atom. The number of nitrogens with one attached hydrogen (secondary N) is 2. The summed E-state index contributed by atoms with van der Waals surface area (Å²) in [7, 11) is 1.85. The monoisotopic (exact) mass is 405 g/mol. The zero-order valence-electron chi connectivity index (χ0n) is 19.0. The third-order valence-electron chi connectivity index (χ3n) is 7.45. The molecule has 6 heteroatoms. The van der Waals surface area contributed by atoms with Gasteiger partial charge in [0, 0.05) is 44.7 Å². The van der Waals surface area contributed by atoms with E-state index in [0.29, 0.717) is 18.0 Å². The minimum atomic E-state index is 0.285. The summed E-state index contributed by atoms with van der Waals surface area (Å²) in [6.45, 7) is 9.75. The van der Waals surface area contributed by atoms with E-state index in [9.17, 15) is 4.79 Å². The molecule has 3 aliphatic rings. The molecule has 2 saturated heterocycles. The van der Waals surface area contributed by atoms with Gasteiger partial charge in [0.1, 0.15) is 0 Å². The van der Waals surface area contributed by atoms with Gasteiger partial charge in [-0.2, -0.15) is 0 Å². The molecule has 2 aliphatic heterocycles. The van der Waals surface area contributed by atoms with Gasteiger partial charge in [-0.1, -0.05) is 39.5 Å². The number of hydrogen-bond acceptors (Lipinski definition) is 3. The second-order valence-corrected chi connectivity index (χ2v) is 9.24. The van der Waals surface area contributed by atoms with E-state index in [1.54, 1.807) is 0 Å². The van der Waals surface area contributed by atoms with Crippen molar-refractivity contribution < 1.29 is 4.79 Å². The number of nitrogens with zero attached hydrogens (tertiary/aromatic N) is 3. The highest BCUT2D eigenvalue weighted by molar-refractivity contribution is 5.81. The van der Waals surface area contributed by atoms with Crippen LogP contribution < -0.4 is 10.6 Å². The lowest BCUT2D eigenvalue weighted by Crippen LogP contribution is -2.51. The first-order chi connectivity index (χ1) is 14.2. The molecule has 0 spiro atoms. The van der Waals surface area contributed by atoms with E-state index in [1.807, 2.05) is 7.05 Å². The number of carbonyl (C=O) groups excluding carboxylic acids is 1. The van der Waals surface area contributed by atoms with Gasteiger partial charge in [-0.05, 0) is 51.1 Å². The first-order valence-electron chi connectivity index (χ1n) is 12.2. The van der Waals surface area contributed by atoms with E-state index in [4.69, 9.17) is 0 Å². The lowest BCUT2D eigenvalue weighted by atomic mass is 9.93. The van der Waals surface area contributed by atoms with Crippen LogP contribution in [0.2, 0.25) is 0 Å². The van der Waals surface area contributed by atoms with Gasteiger partial charge in [0.2, 0.25) is 5.91 Å². The van der Waals surface area contributed by atoms with Crippen LogP contribution in [0.5, 0.6) is 0 Å². The Labute approximate surface area is 177 Å². The van der Waals surface area contributed by atoms with Crippen LogP contribution in [0, 0.1) is 11.8 Å². The van der Waals surface area contributed by atoms with Crippen LogP contribution in [0.4, 0.5) is 0 Å². The van der Waals surface area contributed by atoms with Gasteiger partial charge in [0.05, 0.1) is 0 Å². The van der Waals surface area contributed by atoms with E-state index < -0.39 is 0 Å². The van der Waals surface area contributed by atoms with Gasteiger partial charge in [0.25, 0.3) is 0 Å². The zero-order valence-corrected chi connectivity index (χ0v) is 19.0. The molecule has 1 saturated carbocycles. The third kappa shape index (κ3) is 5.87. The molecular formula is C23H43N5O. The molecule has 2 atom stereocenters. The summed E-state index contributed by atoms with van der Waals surface area (Å²) in [5, 5.41) is 7.20. The molecule has 0 aromatic heterocycles. The van der Waals surface area contributed by atoms with Crippen molar-refractivity contribution in [1.82, 2.24) is 20.4 Å². The Bertz CT molecular complexity index is 533. The largest absolute Gasteiger partial charge is 0.355 e. The molecule has 0 bridgehead atoms. The van der Waals surface area contributed by atoms with Crippen LogP contribution in [-0.2, 0) is 4.79 Å². The fourth-order valence-electron chi connectivity index (χ4n) is 5.60. The highest BCUT2D eigenvalue weighted by Crippen LogP contribution is 2.28. The Kier molecular flexibility index (Phi) is 8.64. The standard InChI is InChI=1S/C23H43N5O/c1-4-18(5-2)21(27-13-8-9-14-27)16-25-23(24-3)26-20-12-15-28(17-20)22(29)19-10-6-7-11-19/h18-21H,4-17H2,1-3H3,(H2,24,25,26). The molecule has 1 aliphatic carbocycles. The quantitative estimate of drug-likeness (QED) is 0.482. The maximum absolute atomic E-state index is 12.7. The first-order valence-corrected chi connectivity index (χ1v) is 12.2. The van der Waals surface area contributed by atoms with Crippen molar-refractivity contribution in [1.29, 1.82) is 0 Å². The molecule has 0 aromatic rings. The fourth-order valence-corrected chi connectivity index (χ4v) is 5.60. The highest BCUT2D eigenvalue weighted by atomic mass is 16.2. The van der Waals surface area contributed by atoms with E-state index in [-0.39, 0.29) is 5.92 Å². The molecule has 1 amide bonds. The van der Waals surface area contributed by atoms with Crippen LogP contribution in [0.25, 0.3) is 0 Å². The SMILES string of the molecule is CCC(CC)C(CNC(=NC)NC1CCN(C(=O)C2CCCC2)C1)N1CCCC1. The molecule has 2 unspecified atom stereocenters. The predicted molar refractivity (Wildman–Crippen MR) is 120 cm³/mol. The predicted octanol–water partition coefficient (Wildman–Crippen LogP) is 2.84. The normalized spacial score (nSPS) is 25.2. The van der Waals surface area contributed by atoms with Crippen molar-refractivity contribution in [2.24, 2.45) is 16.8 Å². The Hall–Kier alpha value is -1.30. The number of hydrogen-bond donors (Lipinski definition) is 2. The fraction of sp³-hybridized carbons (Fsp3) is 0.913. The summed E-state index contributed by atoms with van der Waals surface area (Å²) >= 11 is 0. The number of aliphatic imine (C=N–C) groups is 1. The number of guanidine groups is 1. The molecule has 2 N–H and O–H groups in total. The third-order valence-corrected chi connectivity index (χ3v) is 7.45. The Balaban J connectivity index is 1.48. The van der Waals surface area contributed by atoms with Crippen molar-refractivity contribution in [3.05, 3.63) is 0 Å². The summed E-state index contributed by atoms with van der Waals surface area (Å²) in [6.07, 6.45) is 10.7. The molecule has 2 heterocycles. The van der Waals surface area contributed by atoms with Crippen LogP contribution in [-0.4, -0.2) is 73.5 Å². The second-order valence-electron chi connectivity index (χ2n) is 9.24. The van der Waals surface area contributed by atoms with Gasteiger partial charge >= 0.3 is 0 Å². The smallest absolute Gasteiger partial charge is 0.225 e. The molecule has 29 heavy (non-hydrogen) atoms. The Morgan fingerprint density at radius 1 is 1.03 bits per heavy atom. The lowest BCUT2D eigenvalue weighted by molar-refractivity contribution is -0.134. The average molecular weight is 406 g/mol. The minimum absolute atomic E-state index is 0.285. The van der Waals surface area contributed by atoms with Gasteiger partial charge in [-0.3, -0.25) is 14.7 Å². The van der Waals surface area contributed by atoms with E-state index >= 15 is 0 Å². The number of likely N-dealkylation sites (tertiary alicyclic amines) is 2. The van der Waals surface area contributed by atoms with E-state index in [0.717, 1.165) is 50.8 Å². The minimum Gasteiger partial charge on any atom is -0.355 e. The second kappa shape index (κ2) is 11.2. The summed E-state index contributed by atoms with van der Waals surface area (Å²) < 4.78 is 0. The van der Waals surface area contributed by atoms with Gasteiger partial charge < -0.3 is 15.5 Å². The van der Waals surface area contributed by atoms with Crippen molar-refractivity contribution >= 4 is 11.9 Å².